The van der Waals surface area contributed by atoms with E-state index in [0.717, 1.165) is 37.8 Å². The van der Waals surface area contributed by atoms with E-state index in [-0.39, 0.29) is 61.2 Å². The minimum Gasteiger partial charge on any atom is -0.480 e. The monoisotopic (exact) mass is 823 g/mol. The highest BCUT2D eigenvalue weighted by Gasteiger charge is 2.39. The number of hydrogen-bond donors (Lipinski definition) is 7. The first kappa shape index (κ1) is 45.2. The number of Topliss-reactive ketones (excluding diaryl/α,β-unsaturated/α-hetero) is 2. The summed E-state index contributed by atoms with van der Waals surface area (Å²) in [6.45, 7) is 4.86. The molecule has 4 rings (SSSR count). The Kier molecular flexibility index (Phi) is 16.2. The molecule has 0 saturated heterocycles. The summed E-state index contributed by atoms with van der Waals surface area (Å²) >= 11 is 3.88. The van der Waals surface area contributed by atoms with E-state index >= 15 is 0 Å². The highest BCUT2D eigenvalue weighted by Crippen LogP contribution is 2.37. The van der Waals surface area contributed by atoms with Crippen molar-refractivity contribution in [3.63, 3.8) is 0 Å². The number of aliphatic carboxylic acids is 1. The number of ether oxygens (including phenoxy) is 1. The average Bonchev–Trinajstić information content (AvgIpc) is 3.30. The van der Waals surface area contributed by atoms with Crippen molar-refractivity contribution >= 4 is 77.5 Å². The van der Waals surface area contributed by atoms with E-state index in [9.17, 15) is 43.5 Å². The van der Waals surface area contributed by atoms with E-state index in [1.165, 1.54) is 17.0 Å². The van der Waals surface area contributed by atoms with E-state index in [4.69, 9.17) is 5.73 Å². The molecule has 0 spiro atoms. The van der Waals surface area contributed by atoms with Crippen molar-refractivity contribution in [2.24, 2.45) is 11.1 Å². The van der Waals surface area contributed by atoms with Crippen molar-refractivity contribution in [1.82, 2.24) is 16.0 Å². The van der Waals surface area contributed by atoms with Crippen LogP contribution in [0.4, 0.5) is 21.9 Å². The Hall–Kier alpha value is -5.49. The van der Waals surface area contributed by atoms with E-state index < -0.39 is 71.7 Å². The largest absolute Gasteiger partial charge is 0.480 e. The third-order valence-electron chi connectivity index (χ3n) is 10.1. The molecule has 2 aromatic rings. The van der Waals surface area contributed by atoms with Gasteiger partial charge in [-0.1, -0.05) is 64.3 Å². The predicted octanol–water partition coefficient (Wildman–Crippen LogP) is 2.43. The molecule has 1 heterocycles. The number of urea groups is 1. The average molecular weight is 824 g/mol. The number of carbonyl (C=O) groups excluding carboxylic acids is 7. The molecule has 0 bridgehead atoms. The summed E-state index contributed by atoms with van der Waals surface area (Å²) in [4.78, 5) is 105. The highest BCUT2D eigenvalue weighted by atomic mass is 32.1. The van der Waals surface area contributed by atoms with E-state index in [1.54, 1.807) is 32.9 Å². The zero-order valence-electron chi connectivity index (χ0n) is 32.9. The number of fused-ring (bicyclic) bond motifs is 1. The Bertz CT molecular complexity index is 1850. The van der Waals surface area contributed by atoms with Crippen molar-refractivity contribution in [3.8, 4) is 0 Å². The lowest BCUT2D eigenvalue weighted by atomic mass is 9.90. The molecule has 2 aliphatic rings. The number of carboxylic acids is 1. The van der Waals surface area contributed by atoms with Crippen LogP contribution in [-0.2, 0) is 33.5 Å². The molecule has 17 nitrogen and oxygen atoms in total. The summed E-state index contributed by atoms with van der Waals surface area (Å²) in [5, 5.41) is 19.2. The smallest absolute Gasteiger partial charge is 0.327 e. The molecule has 0 aromatic heterocycles. The summed E-state index contributed by atoms with van der Waals surface area (Å²) in [5.41, 5.74) is 7.20. The van der Waals surface area contributed by atoms with Crippen LogP contribution in [-0.4, -0.2) is 109 Å². The molecular weight excluding hydrogens is 771 g/mol. The van der Waals surface area contributed by atoms with Gasteiger partial charge in [-0.25, -0.2) is 9.59 Å². The number of benzene rings is 2. The van der Waals surface area contributed by atoms with Crippen molar-refractivity contribution in [3.05, 3.63) is 54.1 Å². The van der Waals surface area contributed by atoms with Gasteiger partial charge in [0.1, 0.15) is 24.7 Å². The van der Waals surface area contributed by atoms with E-state index in [2.05, 4.69) is 43.5 Å². The van der Waals surface area contributed by atoms with Gasteiger partial charge in [0.15, 0.2) is 11.6 Å². The van der Waals surface area contributed by atoms with Gasteiger partial charge in [0, 0.05) is 41.4 Å². The highest BCUT2D eigenvalue weighted by molar-refractivity contribution is 7.80. The lowest BCUT2D eigenvalue weighted by Crippen LogP contribution is -2.56. The maximum atomic E-state index is 14.3. The van der Waals surface area contributed by atoms with E-state index in [0.29, 0.717) is 5.69 Å². The molecule has 0 unspecified atom stereocenters. The quantitative estimate of drug-likeness (QED) is 0.0651. The van der Waals surface area contributed by atoms with Gasteiger partial charge in [0.2, 0.25) is 11.8 Å². The van der Waals surface area contributed by atoms with Crippen molar-refractivity contribution in [2.75, 3.05) is 40.6 Å². The van der Waals surface area contributed by atoms with Crippen LogP contribution >= 0.6 is 12.6 Å². The Balaban J connectivity index is 1.42. The zero-order valence-corrected chi connectivity index (χ0v) is 33.8. The first-order valence-electron chi connectivity index (χ1n) is 19.2. The number of nitrogens with one attached hydrogen (secondary N) is 4. The lowest BCUT2D eigenvalue weighted by molar-refractivity contribution is -0.142. The number of rotatable bonds is 18. The van der Waals surface area contributed by atoms with Crippen LogP contribution in [0.15, 0.2) is 48.5 Å². The molecular formula is C40H53N7O10S. The molecule has 1 fully saturated rings. The van der Waals surface area contributed by atoms with Gasteiger partial charge in [-0.2, -0.15) is 12.6 Å². The van der Waals surface area contributed by atoms with Crippen LogP contribution in [0, 0.1) is 5.41 Å². The second kappa shape index (κ2) is 20.8. The SMILES string of the molecule is CC(C)(C)C(=O)CN1C(=O)[C@H](NC(=O)Nc2cccc(C(=O)CC[C@H](N)C(=O)N[C@@H](COC=O)C(=O)N[C@@H](CS)C(=O)O)c2)CN(C2CCCCC2)c2ccccc21. The van der Waals surface area contributed by atoms with Crippen LogP contribution in [0.1, 0.15) is 76.1 Å². The minimum absolute atomic E-state index is 0.0538. The molecule has 18 heteroatoms. The maximum absolute atomic E-state index is 14.3. The van der Waals surface area contributed by atoms with Crippen molar-refractivity contribution in [1.29, 1.82) is 0 Å². The van der Waals surface area contributed by atoms with Crippen LogP contribution < -0.4 is 36.8 Å². The van der Waals surface area contributed by atoms with Gasteiger partial charge < -0.3 is 46.6 Å². The fraction of sp³-hybridized carbons (Fsp3) is 0.500. The second-order valence-electron chi connectivity index (χ2n) is 15.4. The summed E-state index contributed by atoms with van der Waals surface area (Å²) in [7, 11) is 0. The first-order valence-corrected chi connectivity index (χ1v) is 19.8. The number of nitrogens with zero attached hydrogens (tertiary/aromatic N) is 2. The third-order valence-corrected chi connectivity index (χ3v) is 10.5. The molecule has 58 heavy (non-hydrogen) atoms. The molecule has 5 amide bonds. The van der Waals surface area contributed by atoms with Gasteiger partial charge in [-0.15, -0.1) is 0 Å². The Morgan fingerprint density at radius 3 is 2.28 bits per heavy atom. The van der Waals surface area contributed by atoms with E-state index in [1.807, 2.05) is 24.3 Å². The first-order chi connectivity index (χ1) is 27.5. The number of carboxylic acid groups (broad SMARTS) is 1. The zero-order chi connectivity index (χ0) is 42.6. The summed E-state index contributed by atoms with van der Waals surface area (Å²) in [6, 6.07) is 7.89. The van der Waals surface area contributed by atoms with Gasteiger partial charge in [-0.3, -0.25) is 28.8 Å². The molecule has 0 radical (unpaired) electrons. The Morgan fingerprint density at radius 2 is 1.64 bits per heavy atom. The third kappa shape index (κ3) is 12.3. The summed E-state index contributed by atoms with van der Waals surface area (Å²) < 4.78 is 4.61. The fourth-order valence-electron chi connectivity index (χ4n) is 6.72. The van der Waals surface area contributed by atoms with Gasteiger partial charge in [-0.05, 0) is 43.5 Å². The number of amides is 5. The number of nitrogens with two attached hydrogens (primary N) is 1. The van der Waals surface area contributed by atoms with Crippen LogP contribution in [0.3, 0.4) is 0 Å². The molecule has 7 N–H and O–H groups in total. The van der Waals surface area contributed by atoms with Gasteiger partial charge >= 0.3 is 12.0 Å². The standard InChI is InChI=1S/C40H53N7O10S/c1-40(2,3)34(50)20-47-32-15-8-7-14-31(32)46(26-12-5-4-6-13-26)19-28(37(47)53)45-39(56)42-25-11-9-10-24(18-25)33(49)17-16-27(41)35(51)43-29(21-57-23-48)36(52)44-30(22-58)38(54)55/h7-11,14-15,18,23,26-30,58H,4-6,12-13,16-17,19-22,41H2,1-3H3,(H,43,51)(H,44,52)(H,54,55)(H2,42,45,56)/t27-,28+,29-,30-/m0/s1. The van der Waals surface area contributed by atoms with Gasteiger partial charge in [0.05, 0.1) is 24.0 Å². The number of anilines is 3. The topological polar surface area (TPSA) is 247 Å². The number of thiol groups is 1. The Morgan fingerprint density at radius 1 is 0.966 bits per heavy atom. The molecule has 1 saturated carbocycles. The number of para-hydroxylation sites is 2. The maximum Gasteiger partial charge on any atom is 0.327 e. The predicted molar refractivity (Wildman–Crippen MR) is 219 cm³/mol. The normalized spacial score (nSPS) is 17.4. The fourth-order valence-corrected chi connectivity index (χ4v) is 6.97. The minimum atomic E-state index is -1.47. The number of carbonyl (C=O) groups is 8. The molecule has 2 aromatic carbocycles. The number of ketones is 2. The number of hydrogen-bond acceptors (Lipinski definition) is 12. The van der Waals surface area contributed by atoms with Crippen LogP contribution in [0.5, 0.6) is 0 Å². The Labute approximate surface area is 342 Å². The summed E-state index contributed by atoms with van der Waals surface area (Å²) in [5.74, 6) is -4.38. The lowest BCUT2D eigenvalue weighted by Gasteiger charge is -2.37. The molecule has 4 atom stereocenters. The molecule has 1 aliphatic carbocycles. The van der Waals surface area contributed by atoms with Crippen LogP contribution in [0.25, 0.3) is 0 Å². The molecule has 314 valence electrons. The molecule has 1 aliphatic heterocycles. The van der Waals surface area contributed by atoms with Crippen LogP contribution in [0.2, 0.25) is 0 Å². The van der Waals surface area contributed by atoms with Crippen molar-refractivity contribution in [2.45, 2.75) is 95.9 Å². The van der Waals surface area contributed by atoms with Crippen molar-refractivity contribution < 1.29 is 48.2 Å². The van der Waals surface area contributed by atoms with Gasteiger partial charge in [0.25, 0.3) is 12.4 Å². The summed E-state index contributed by atoms with van der Waals surface area (Å²) in [6.07, 6.45) is 4.71. The second-order valence-corrected chi connectivity index (χ2v) is 15.8.